The van der Waals surface area contributed by atoms with Gasteiger partial charge in [0.05, 0.1) is 0 Å². The second-order valence-electron chi connectivity index (χ2n) is 4.84. The predicted molar refractivity (Wildman–Crippen MR) is 74.1 cm³/mol. The summed E-state index contributed by atoms with van der Waals surface area (Å²) in [5, 5.41) is 9.96. The standard InChI is InChI=1S/C14H18ClNO3/c1-9(2)16(10(3)17)14(4,13(18)19)11-7-5-6-8-12(11)15/h5-9H,1-4H3,(H,18,19). The zero-order chi connectivity index (χ0) is 14.8. The molecule has 0 aliphatic heterocycles. The first kappa shape index (κ1) is 15.5. The molecule has 1 N–H and O–H groups in total. The van der Waals surface area contributed by atoms with Crippen LogP contribution in [0.3, 0.4) is 0 Å². The van der Waals surface area contributed by atoms with Gasteiger partial charge in [0.25, 0.3) is 0 Å². The van der Waals surface area contributed by atoms with E-state index in [1.807, 2.05) is 0 Å². The lowest BCUT2D eigenvalue weighted by atomic mass is 9.88. The van der Waals surface area contributed by atoms with Crippen molar-refractivity contribution in [2.75, 3.05) is 0 Å². The number of amides is 1. The quantitative estimate of drug-likeness (QED) is 0.924. The van der Waals surface area contributed by atoms with Crippen molar-refractivity contribution in [1.29, 1.82) is 0 Å². The van der Waals surface area contributed by atoms with E-state index in [0.29, 0.717) is 10.6 Å². The van der Waals surface area contributed by atoms with Gasteiger partial charge in [-0.05, 0) is 26.8 Å². The first-order valence-corrected chi connectivity index (χ1v) is 6.39. The van der Waals surface area contributed by atoms with E-state index in [9.17, 15) is 14.7 Å². The Morgan fingerprint density at radius 2 is 1.84 bits per heavy atom. The summed E-state index contributed by atoms with van der Waals surface area (Å²) in [5.74, 6) is -1.41. The zero-order valence-electron chi connectivity index (χ0n) is 11.5. The van der Waals surface area contributed by atoms with Crippen LogP contribution >= 0.6 is 11.6 Å². The van der Waals surface area contributed by atoms with Crippen molar-refractivity contribution in [2.45, 2.75) is 39.3 Å². The summed E-state index contributed by atoms with van der Waals surface area (Å²) in [6.07, 6.45) is 0. The van der Waals surface area contributed by atoms with Crippen molar-refractivity contribution in [3.8, 4) is 0 Å². The van der Waals surface area contributed by atoms with Crippen molar-refractivity contribution in [1.82, 2.24) is 4.90 Å². The van der Waals surface area contributed by atoms with Gasteiger partial charge in [-0.2, -0.15) is 0 Å². The van der Waals surface area contributed by atoms with Crippen LogP contribution in [-0.4, -0.2) is 27.9 Å². The lowest BCUT2D eigenvalue weighted by Gasteiger charge is -2.41. The van der Waals surface area contributed by atoms with Crippen LogP contribution in [0.1, 0.15) is 33.3 Å². The number of aliphatic carboxylic acids is 1. The summed E-state index contributed by atoms with van der Waals surface area (Å²) in [6, 6.07) is 6.43. The number of hydrogen-bond donors (Lipinski definition) is 1. The molecular weight excluding hydrogens is 266 g/mol. The molecule has 0 heterocycles. The monoisotopic (exact) mass is 283 g/mol. The minimum Gasteiger partial charge on any atom is -0.479 e. The number of carboxylic acids is 1. The summed E-state index contributed by atoms with van der Waals surface area (Å²) in [7, 11) is 0. The lowest BCUT2D eigenvalue weighted by molar-refractivity contribution is -0.160. The molecule has 0 radical (unpaired) electrons. The number of carbonyl (C=O) groups is 2. The third-order valence-electron chi connectivity index (χ3n) is 3.15. The number of halogens is 1. The molecule has 0 fully saturated rings. The molecule has 1 rings (SSSR count). The average molecular weight is 284 g/mol. The first-order chi connectivity index (χ1) is 8.72. The van der Waals surface area contributed by atoms with Crippen LogP contribution in [0, 0.1) is 0 Å². The van der Waals surface area contributed by atoms with Gasteiger partial charge in [-0.25, -0.2) is 4.79 Å². The van der Waals surface area contributed by atoms with Crippen LogP contribution in [0.2, 0.25) is 5.02 Å². The van der Waals surface area contributed by atoms with Crippen molar-refractivity contribution in [3.63, 3.8) is 0 Å². The minimum atomic E-state index is -1.49. The molecule has 19 heavy (non-hydrogen) atoms. The van der Waals surface area contributed by atoms with Crippen LogP contribution in [0.5, 0.6) is 0 Å². The van der Waals surface area contributed by atoms with E-state index in [0.717, 1.165) is 0 Å². The Balaban J connectivity index is 3.52. The van der Waals surface area contributed by atoms with E-state index in [2.05, 4.69) is 0 Å². The van der Waals surface area contributed by atoms with Crippen molar-refractivity contribution in [3.05, 3.63) is 34.9 Å². The van der Waals surface area contributed by atoms with E-state index >= 15 is 0 Å². The molecule has 104 valence electrons. The molecule has 0 spiro atoms. The van der Waals surface area contributed by atoms with Crippen molar-refractivity contribution >= 4 is 23.5 Å². The summed E-state index contributed by atoms with van der Waals surface area (Å²) >= 11 is 6.10. The minimum absolute atomic E-state index is 0.255. The molecule has 1 unspecified atom stereocenters. The van der Waals surface area contributed by atoms with Crippen LogP contribution in [0.15, 0.2) is 24.3 Å². The summed E-state index contributed by atoms with van der Waals surface area (Å²) in [4.78, 5) is 24.9. The Morgan fingerprint density at radius 3 is 2.21 bits per heavy atom. The molecule has 0 aliphatic rings. The fraction of sp³-hybridized carbons (Fsp3) is 0.429. The van der Waals surface area contributed by atoms with E-state index in [4.69, 9.17) is 11.6 Å². The van der Waals surface area contributed by atoms with Crippen LogP contribution in [0.4, 0.5) is 0 Å². The molecule has 1 atom stereocenters. The maximum atomic E-state index is 11.8. The zero-order valence-corrected chi connectivity index (χ0v) is 12.2. The van der Waals surface area contributed by atoms with Gasteiger partial charge >= 0.3 is 5.97 Å². The molecule has 0 bridgehead atoms. The highest BCUT2D eigenvalue weighted by molar-refractivity contribution is 6.31. The van der Waals surface area contributed by atoms with Crippen LogP contribution in [-0.2, 0) is 15.1 Å². The molecular formula is C14H18ClNO3. The fourth-order valence-electron chi connectivity index (χ4n) is 2.40. The van der Waals surface area contributed by atoms with Gasteiger partial charge in [-0.15, -0.1) is 0 Å². The molecule has 1 aromatic rings. The number of nitrogens with zero attached hydrogens (tertiary/aromatic N) is 1. The summed E-state index contributed by atoms with van der Waals surface area (Å²) < 4.78 is 0. The molecule has 1 amide bonds. The Labute approximate surface area is 118 Å². The summed E-state index contributed by atoms with van der Waals surface area (Å²) in [5.41, 5.74) is -1.08. The predicted octanol–water partition coefficient (Wildman–Crippen LogP) is 2.90. The van der Waals surface area contributed by atoms with Gasteiger partial charge in [0.1, 0.15) is 0 Å². The van der Waals surface area contributed by atoms with E-state index in [-0.39, 0.29) is 11.9 Å². The van der Waals surface area contributed by atoms with Gasteiger partial charge in [0.15, 0.2) is 5.54 Å². The molecule has 5 heteroatoms. The Bertz CT molecular complexity index is 501. The van der Waals surface area contributed by atoms with Gasteiger partial charge in [0, 0.05) is 23.6 Å². The number of carboxylic acid groups (broad SMARTS) is 1. The third kappa shape index (κ3) is 2.73. The lowest BCUT2D eigenvalue weighted by Crippen LogP contribution is -2.55. The topological polar surface area (TPSA) is 57.6 Å². The van der Waals surface area contributed by atoms with Crippen LogP contribution in [0.25, 0.3) is 0 Å². The maximum Gasteiger partial charge on any atom is 0.334 e. The smallest absolute Gasteiger partial charge is 0.334 e. The SMILES string of the molecule is CC(=O)N(C(C)C)C(C)(C(=O)O)c1ccccc1Cl. The van der Waals surface area contributed by atoms with E-state index < -0.39 is 11.5 Å². The third-order valence-corrected chi connectivity index (χ3v) is 3.48. The highest BCUT2D eigenvalue weighted by Gasteiger charge is 2.45. The van der Waals surface area contributed by atoms with Gasteiger partial charge in [-0.3, -0.25) is 4.79 Å². The van der Waals surface area contributed by atoms with E-state index in [1.54, 1.807) is 38.1 Å². The Hall–Kier alpha value is -1.55. The largest absolute Gasteiger partial charge is 0.479 e. The Morgan fingerprint density at radius 1 is 1.32 bits per heavy atom. The normalized spacial score (nSPS) is 14.0. The molecule has 0 saturated heterocycles. The van der Waals surface area contributed by atoms with Crippen LogP contribution < -0.4 is 0 Å². The van der Waals surface area contributed by atoms with Crippen molar-refractivity contribution in [2.24, 2.45) is 0 Å². The second kappa shape index (κ2) is 5.61. The van der Waals surface area contributed by atoms with E-state index in [1.165, 1.54) is 18.7 Å². The Kier molecular flexibility index (Phi) is 4.58. The highest BCUT2D eigenvalue weighted by atomic mass is 35.5. The molecule has 1 aromatic carbocycles. The second-order valence-corrected chi connectivity index (χ2v) is 5.25. The first-order valence-electron chi connectivity index (χ1n) is 6.01. The van der Waals surface area contributed by atoms with Gasteiger partial charge in [0.2, 0.25) is 5.91 Å². The molecule has 0 aliphatic carbocycles. The van der Waals surface area contributed by atoms with Crippen molar-refractivity contribution < 1.29 is 14.7 Å². The average Bonchev–Trinajstić information content (AvgIpc) is 2.27. The number of benzene rings is 1. The van der Waals surface area contributed by atoms with Gasteiger partial charge < -0.3 is 10.0 Å². The fourth-order valence-corrected chi connectivity index (χ4v) is 2.72. The number of carbonyl (C=O) groups excluding carboxylic acids is 1. The maximum absolute atomic E-state index is 11.8. The number of hydrogen-bond acceptors (Lipinski definition) is 2. The molecule has 0 saturated carbocycles. The van der Waals surface area contributed by atoms with Gasteiger partial charge in [-0.1, -0.05) is 29.8 Å². The molecule has 4 nitrogen and oxygen atoms in total. The number of rotatable bonds is 4. The molecule has 0 aromatic heterocycles. The highest BCUT2D eigenvalue weighted by Crippen LogP contribution is 2.35. The summed E-state index contributed by atoms with van der Waals surface area (Å²) in [6.45, 7) is 6.41.